The molecule has 0 unspecified atom stereocenters. The van der Waals surface area contributed by atoms with E-state index in [-0.39, 0.29) is 0 Å². The Labute approximate surface area is 535 Å². The van der Waals surface area contributed by atoms with Crippen LogP contribution in [0.1, 0.15) is 0 Å². The minimum atomic E-state index is -0.793. The van der Waals surface area contributed by atoms with Crippen LogP contribution >= 0.6 is 0 Å². The molecule has 18 aromatic rings. The number of aromatic nitrogens is 1. The molecule has 0 radical (unpaired) electrons. The standard InChI is InChI=1S/C90H57NSi/c1-4-16-71-66(13-1)51-82(77-22-10-7-19-74(71)77)62-37-33-58(34-38-62)56-25-29-60(30-26-56)64-42-47-87-85(49-64)86-50-65(61-31-27-57(28-32-61)59-35-39-63(40-36-59)83-52-67-14-2-5-17-72(67)75-20-8-11-23-78(75)83)43-48-88(86)91(87)70-44-46-81-80-45-41-69(54-89(80)92-90(81)55-70)84-53-68-15-3-6-18-73(68)76-21-9-12-24-79(76)84/h1-55H,92H2. The molecule has 2 heterocycles. The molecule has 1 aromatic heterocycles. The van der Waals surface area contributed by atoms with Crippen molar-refractivity contribution in [2.75, 3.05) is 0 Å². The molecule has 0 saturated heterocycles. The van der Waals surface area contributed by atoms with Crippen LogP contribution in [0.25, 0.3) is 181 Å². The first-order chi connectivity index (χ1) is 45.6. The Morgan fingerprint density at radius 2 is 0.467 bits per heavy atom. The average molecular weight is 1180 g/mol. The highest BCUT2D eigenvalue weighted by Crippen LogP contribution is 2.43. The predicted molar refractivity (Wildman–Crippen MR) is 397 cm³/mol. The van der Waals surface area contributed by atoms with Gasteiger partial charge in [-0.3, -0.25) is 0 Å². The Morgan fingerprint density at radius 1 is 0.174 bits per heavy atom. The van der Waals surface area contributed by atoms with Crippen LogP contribution in [0, 0.1) is 0 Å². The van der Waals surface area contributed by atoms with Gasteiger partial charge in [0.15, 0.2) is 0 Å². The summed E-state index contributed by atoms with van der Waals surface area (Å²) in [6.07, 6.45) is 0. The van der Waals surface area contributed by atoms with Gasteiger partial charge in [-0.05, 0) is 208 Å². The third-order valence-corrected chi connectivity index (χ3v) is 21.9. The van der Waals surface area contributed by atoms with Crippen molar-refractivity contribution in [1.82, 2.24) is 4.57 Å². The van der Waals surface area contributed by atoms with Crippen LogP contribution in [0.2, 0.25) is 0 Å². The van der Waals surface area contributed by atoms with Crippen molar-refractivity contribution in [1.29, 1.82) is 0 Å². The maximum Gasteiger partial charge on any atom is 0.0892 e. The quantitative estimate of drug-likeness (QED) is 0.106. The van der Waals surface area contributed by atoms with Crippen LogP contribution in [-0.4, -0.2) is 14.1 Å². The molecule has 2 heteroatoms. The molecule has 0 aliphatic carbocycles. The lowest BCUT2D eigenvalue weighted by molar-refractivity contribution is 1.18. The summed E-state index contributed by atoms with van der Waals surface area (Å²) < 4.78 is 2.52. The van der Waals surface area contributed by atoms with Crippen molar-refractivity contribution < 1.29 is 0 Å². The van der Waals surface area contributed by atoms with Crippen LogP contribution in [0.3, 0.4) is 0 Å². The Kier molecular flexibility index (Phi) is 11.9. The summed E-state index contributed by atoms with van der Waals surface area (Å²) in [6, 6.07) is 125. The van der Waals surface area contributed by atoms with Crippen LogP contribution in [0.15, 0.2) is 334 Å². The molecule has 0 fully saturated rings. The highest BCUT2D eigenvalue weighted by Gasteiger charge is 2.23. The fourth-order valence-electron chi connectivity index (χ4n) is 15.4. The largest absolute Gasteiger partial charge is 0.309 e. The molecule has 17 aromatic carbocycles. The predicted octanol–water partition coefficient (Wildman–Crippen LogP) is 22.5. The zero-order valence-electron chi connectivity index (χ0n) is 50.4. The van der Waals surface area contributed by atoms with Crippen LogP contribution in [0.5, 0.6) is 0 Å². The number of hydrogen-bond acceptors (Lipinski definition) is 0. The first-order valence-electron chi connectivity index (χ1n) is 32.1. The topological polar surface area (TPSA) is 4.93 Å². The van der Waals surface area contributed by atoms with Gasteiger partial charge in [0.05, 0.1) is 20.6 Å². The van der Waals surface area contributed by atoms with Crippen molar-refractivity contribution in [3.63, 3.8) is 0 Å². The van der Waals surface area contributed by atoms with Gasteiger partial charge in [-0.15, -0.1) is 0 Å². The molecule has 0 atom stereocenters. The summed E-state index contributed by atoms with van der Waals surface area (Å²) in [4.78, 5) is 0. The van der Waals surface area contributed by atoms with Crippen molar-refractivity contribution in [3.05, 3.63) is 334 Å². The van der Waals surface area contributed by atoms with Gasteiger partial charge in [0, 0.05) is 16.5 Å². The second kappa shape index (κ2) is 21.0. The minimum absolute atomic E-state index is 0.793. The van der Waals surface area contributed by atoms with E-state index in [1.807, 2.05) is 0 Å². The Hall–Kier alpha value is -11.7. The highest BCUT2D eigenvalue weighted by atomic mass is 28.2. The van der Waals surface area contributed by atoms with E-state index in [2.05, 4.69) is 338 Å². The van der Waals surface area contributed by atoms with Crippen LogP contribution < -0.4 is 10.4 Å². The van der Waals surface area contributed by atoms with Gasteiger partial charge < -0.3 is 4.57 Å². The van der Waals surface area contributed by atoms with Crippen molar-refractivity contribution in [2.45, 2.75) is 0 Å². The van der Waals surface area contributed by atoms with Gasteiger partial charge >= 0.3 is 0 Å². The van der Waals surface area contributed by atoms with E-state index in [0.717, 1.165) is 0 Å². The molecule has 0 spiro atoms. The Morgan fingerprint density at radius 3 is 0.870 bits per heavy atom. The summed E-state index contributed by atoms with van der Waals surface area (Å²) in [7, 11) is -0.793. The Balaban J connectivity index is 0.669. The molecule has 1 aliphatic heterocycles. The SMILES string of the molecule is c1ccc2c(c1)cc(-c1ccc(-c3ccc(-c4ccc5c(c4)c4cc(-c6ccc(-c7ccc(-c8cc9ccccc9c9ccccc89)cc7)cc6)ccc4n5-c4ccc5c(c4)[SiH2]c4cc(-c6cc7ccccc7c7ccccc67)ccc4-5)cc3)cc1)c1ccccc12. The molecule has 92 heavy (non-hydrogen) atoms. The van der Waals surface area contributed by atoms with Crippen molar-refractivity contribution in [2.24, 2.45) is 0 Å². The maximum atomic E-state index is 2.52. The molecule has 0 bridgehead atoms. The highest BCUT2D eigenvalue weighted by molar-refractivity contribution is 6.73. The molecular formula is C90H57NSi. The number of benzene rings is 17. The molecule has 426 valence electrons. The maximum absolute atomic E-state index is 2.52. The summed E-state index contributed by atoms with van der Waals surface area (Å²) in [5, 5.41) is 20.9. The first-order valence-corrected chi connectivity index (χ1v) is 33.5. The molecule has 1 aliphatic rings. The van der Waals surface area contributed by atoms with Gasteiger partial charge in [0.1, 0.15) is 0 Å². The van der Waals surface area contributed by atoms with Crippen molar-refractivity contribution in [3.8, 4) is 94.7 Å². The summed E-state index contributed by atoms with van der Waals surface area (Å²) in [6.45, 7) is 0. The van der Waals surface area contributed by atoms with Crippen LogP contribution in [-0.2, 0) is 0 Å². The third kappa shape index (κ3) is 8.53. The zero-order chi connectivity index (χ0) is 60.4. The number of hydrogen-bond donors (Lipinski definition) is 0. The molecule has 0 amide bonds. The number of nitrogens with zero attached hydrogens (tertiary/aromatic N) is 1. The zero-order valence-corrected chi connectivity index (χ0v) is 51.8. The second-order valence-electron chi connectivity index (χ2n) is 25.1. The van der Waals surface area contributed by atoms with Gasteiger partial charge in [-0.1, -0.05) is 289 Å². The second-order valence-corrected chi connectivity index (χ2v) is 26.9. The first kappa shape index (κ1) is 52.3. The van der Waals surface area contributed by atoms with E-state index in [1.54, 1.807) is 0 Å². The summed E-state index contributed by atoms with van der Waals surface area (Å²) in [5.41, 5.74) is 23.5. The summed E-state index contributed by atoms with van der Waals surface area (Å²) in [5.74, 6) is 0. The molecule has 0 saturated carbocycles. The lowest BCUT2D eigenvalue weighted by atomic mass is 9.92. The van der Waals surface area contributed by atoms with Gasteiger partial charge in [-0.25, -0.2) is 0 Å². The molecular weight excluding hydrogens is 1120 g/mol. The number of rotatable bonds is 8. The van der Waals surface area contributed by atoms with E-state index in [1.165, 1.54) is 192 Å². The van der Waals surface area contributed by atoms with E-state index < -0.39 is 9.52 Å². The van der Waals surface area contributed by atoms with Gasteiger partial charge in [-0.2, -0.15) is 0 Å². The normalized spacial score (nSPS) is 12.3. The smallest absolute Gasteiger partial charge is 0.0892 e. The van der Waals surface area contributed by atoms with E-state index >= 15 is 0 Å². The fourth-order valence-corrected chi connectivity index (χ4v) is 17.5. The average Bonchev–Trinajstić information content (AvgIpc) is 1.56. The van der Waals surface area contributed by atoms with Gasteiger partial charge in [0.25, 0.3) is 0 Å². The van der Waals surface area contributed by atoms with Gasteiger partial charge in [0.2, 0.25) is 0 Å². The Bertz CT molecular complexity index is 5790. The molecule has 0 N–H and O–H groups in total. The monoisotopic (exact) mass is 1180 g/mol. The molecule has 19 rings (SSSR count). The lowest BCUT2D eigenvalue weighted by Crippen LogP contribution is -2.21. The van der Waals surface area contributed by atoms with Crippen LogP contribution in [0.4, 0.5) is 0 Å². The van der Waals surface area contributed by atoms with Crippen molar-refractivity contribution >= 4 is 106 Å². The molecule has 1 nitrogen and oxygen atoms in total. The fraction of sp³-hybridized carbons (Fsp3) is 0. The van der Waals surface area contributed by atoms with E-state index in [4.69, 9.17) is 0 Å². The van der Waals surface area contributed by atoms with E-state index in [0.29, 0.717) is 0 Å². The lowest BCUT2D eigenvalue weighted by Gasteiger charge is -2.12. The number of fused-ring (bicyclic) bond motifs is 15. The third-order valence-electron chi connectivity index (χ3n) is 20.0. The van der Waals surface area contributed by atoms with E-state index in [9.17, 15) is 0 Å². The minimum Gasteiger partial charge on any atom is -0.309 e. The summed E-state index contributed by atoms with van der Waals surface area (Å²) >= 11 is 0.